The second-order valence-electron chi connectivity index (χ2n) is 5.66. The fourth-order valence-electron chi connectivity index (χ4n) is 3.49. The van der Waals surface area contributed by atoms with Gasteiger partial charge in [-0.3, -0.25) is 0 Å². The minimum Gasteiger partial charge on any atom is -0.423 e. The number of hydrogen-bond donors (Lipinski definition) is 2. The molecule has 2 fully saturated rings. The van der Waals surface area contributed by atoms with E-state index in [0.29, 0.717) is 23.5 Å². The standard InChI is InChI=1S/C14H17N3O2/c15-10-2-1-3-12-13(10)16-14(19-12)17-6-8-4-5-11(18)9(8)7-17/h1-3,8-9,11,18H,4-7,15H2. The van der Waals surface area contributed by atoms with Gasteiger partial charge in [0.15, 0.2) is 5.58 Å². The van der Waals surface area contributed by atoms with E-state index in [4.69, 9.17) is 10.2 Å². The molecule has 1 saturated heterocycles. The zero-order valence-corrected chi connectivity index (χ0v) is 10.6. The van der Waals surface area contributed by atoms with Crippen LogP contribution in [-0.2, 0) is 0 Å². The fraction of sp³-hybridized carbons (Fsp3) is 0.500. The van der Waals surface area contributed by atoms with Crippen LogP contribution in [0, 0.1) is 11.8 Å². The molecule has 3 atom stereocenters. The molecule has 19 heavy (non-hydrogen) atoms. The van der Waals surface area contributed by atoms with Crippen LogP contribution in [0.1, 0.15) is 12.8 Å². The van der Waals surface area contributed by atoms with Gasteiger partial charge in [0.1, 0.15) is 5.52 Å². The van der Waals surface area contributed by atoms with Crippen molar-refractivity contribution in [2.45, 2.75) is 18.9 Å². The van der Waals surface area contributed by atoms with Crippen LogP contribution >= 0.6 is 0 Å². The van der Waals surface area contributed by atoms with Gasteiger partial charge in [-0.1, -0.05) is 6.07 Å². The van der Waals surface area contributed by atoms with Gasteiger partial charge in [-0.2, -0.15) is 4.98 Å². The highest BCUT2D eigenvalue weighted by Crippen LogP contribution is 2.40. The third-order valence-corrected chi connectivity index (χ3v) is 4.53. The molecule has 1 aliphatic heterocycles. The highest BCUT2D eigenvalue weighted by Gasteiger charge is 2.43. The van der Waals surface area contributed by atoms with Crippen molar-refractivity contribution in [1.82, 2.24) is 4.98 Å². The quantitative estimate of drug-likeness (QED) is 0.761. The molecule has 2 heterocycles. The Morgan fingerprint density at radius 1 is 1.32 bits per heavy atom. The SMILES string of the molecule is Nc1cccc2oc(N3CC4CCC(O)C4C3)nc12. The number of benzene rings is 1. The van der Waals surface area contributed by atoms with E-state index in [0.717, 1.165) is 37.0 Å². The van der Waals surface area contributed by atoms with E-state index in [9.17, 15) is 5.11 Å². The Hall–Kier alpha value is -1.75. The van der Waals surface area contributed by atoms with Gasteiger partial charge in [-0.05, 0) is 30.9 Å². The largest absolute Gasteiger partial charge is 0.423 e. The lowest BCUT2D eigenvalue weighted by Crippen LogP contribution is -2.24. The summed E-state index contributed by atoms with van der Waals surface area (Å²) in [7, 11) is 0. The number of aliphatic hydroxyl groups excluding tert-OH is 1. The zero-order chi connectivity index (χ0) is 13.0. The monoisotopic (exact) mass is 259 g/mol. The maximum atomic E-state index is 9.95. The zero-order valence-electron chi connectivity index (χ0n) is 10.6. The predicted molar refractivity (Wildman–Crippen MR) is 72.9 cm³/mol. The van der Waals surface area contributed by atoms with Gasteiger partial charge < -0.3 is 20.2 Å². The maximum Gasteiger partial charge on any atom is 0.298 e. The van der Waals surface area contributed by atoms with Crippen molar-refractivity contribution in [3.8, 4) is 0 Å². The third-order valence-electron chi connectivity index (χ3n) is 4.53. The highest BCUT2D eigenvalue weighted by molar-refractivity contribution is 5.86. The number of rotatable bonds is 1. The topological polar surface area (TPSA) is 75.5 Å². The molecule has 0 spiro atoms. The number of nitrogen functional groups attached to an aromatic ring is 1. The van der Waals surface area contributed by atoms with Crippen molar-refractivity contribution in [1.29, 1.82) is 0 Å². The van der Waals surface area contributed by atoms with Crippen molar-refractivity contribution >= 4 is 22.8 Å². The molecular weight excluding hydrogens is 242 g/mol. The molecule has 2 aliphatic rings. The van der Waals surface area contributed by atoms with E-state index < -0.39 is 0 Å². The summed E-state index contributed by atoms with van der Waals surface area (Å²) in [4.78, 5) is 6.64. The van der Waals surface area contributed by atoms with Crippen LogP contribution < -0.4 is 10.6 Å². The molecule has 1 aromatic carbocycles. The average molecular weight is 259 g/mol. The molecule has 5 heteroatoms. The van der Waals surface area contributed by atoms with Gasteiger partial charge in [0, 0.05) is 19.0 Å². The van der Waals surface area contributed by atoms with E-state index >= 15 is 0 Å². The molecule has 1 aromatic heterocycles. The molecule has 3 unspecified atom stereocenters. The first-order valence-electron chi connectivity index (χ1n) is 6.80. The number of aromatic nitrogens is 1. The highest BCUT2D eigenvalue weighted by atomic mass is 16.4. The molecule has 1 saturated carbocycles. The summed E-state index contributed by atoms with van der Waals surface area (Å²) < 4.78 is 5.79. The van der Waals surface area contributed by atoms with E-state index in [2.05, 4.69) is 9.88 Å². The maximum absolute atomic E-state index is 9.95. The van der Waals surface area contributed by atoms with Crippen molar-refractivity contribution in [3.05, 3.63) is 18.2 Å². The number of anilines is 2. The fourth-order valence-corrected chi connectivity index (χ4v) is 3.49. The Labute approximate surface area is 111 Å². The molecule has 0 bridgehead atoms. The summed E-state index contributed by atoms with van der Waals surface area (Å²) in [5, 5.41) is 9.95. The summed E-state index contributed by atoms with van der Waals surface area (Å²) in [6.45, 7) is 1.76. The van der Waals surface area contributed by atoms with Gasteiger partial charge in [0.05, 0.1) is 11.8 Å². The summed E-state index contributed by atoms with van der Waals surface area (Å²) in [5.41, 5.74) is 8.01. The molecule has 0 amide bonds. The van der Waals surface area contributed by atoms with Crippen LogP contribution in [0.2, 0.25) is 0 Å². The molecule has 0 radical (unpaired) electrons. The number of hydrogen-bond acceptors (Lipinski definition) is 5. The molecule has 100 valence electrons. The predicted octanol–water partition coefficient (Wildman–Crippen LogP) is 1.62. The Kier molecular flexibility index (Phi) is 2.26. The van der Waals surface area contributed by atoms with Crippen molar-refractivity contribution in [2.75, 3.05) is 23.7 Å². The van der Waals surface area contributed by atoms with Gasteiger partial charge in [-0.25, -0.2) is 0 Å². The molecular formula is C14H17N3O2. The Balaban J connectivity index is 1.67. The molecule has 2 aromatic rings. The Morgan fingerprint density at radius 3 is 3.00 bits per heavy atom. The molecule has 4 rings (SSSR count). The van der Waals surface area contributed by atoms with Crippen LogP contribution in [0.5, 0.6) is 0 Å². The van der Waals surface area contributed by atoms with E-state index in [1.807, 2.05) is 18.2 Å². The first-order chi connectivity index (χ1) is 9.22. The number of para-hydroxylation sites is 1. The number of oxazole rings is 1. The molecule has 3 N–H and O–H groups in total. The van der Waals surface area contributed by atoms with Gasteiger partial charge in [-0.15, -0.1) is 0 Å². The minimum atomic E-state index is -0.163. The summed E-state index contributed by atoms with van der Waals surface area (Å²) in [5.74, 6) is 0.940. The lowest BCUT2D eigenvalue weighted by molar-refractivity contribution is 0.133. The van der Waals surface area contributed by atoms with Gasteiger partial charge in [0.25, 0.3) is 6.01 Å². The van der Waals surface area contributed by atoms with E-state index in [1.54, 1.807) is 0 Å². The van der Waals surface area contributed by atoms with E-state index in [1.165, 1.54) is 0 Å². The van der Waals surface area contributed by atoms with Gasteiger partial charge >= 0.3 is 0 Å². The Bertz CT molecular complexity index is 624. The number of fused-ring (bicyclic) bond motifs is 2. The number of nitrogens with two attached hydrogens (primary N) is 1. The van der Waals surface area contributed by atoms with Crippen molar-refractivity contribution < 1.29 is 9.52 Å². The average Bonchev–Trinajstić information content (AvgIpc) is 3.05. The van der Waals surface area contributed by atoms with Gasteiger partial charge in [0.2, 0.25) is 0 Å². The van der Waals surface area contributed by atoms with Crippen LogP contribution in [0.15, 0.2) is 22.6 Å². The molecule has 1 aliphatic carbocycles. The molecule has 5 nitrogen and oxygen atoms in total. The minimum absolute atomic E-state index is 0.163. The second kappa shape index (κ2) is 3.87. The van der Waals surface area contributed by atoms with Crippen molar-refractivity contribution in [2.24, 2.45) is 11.8 Å². The lowest BCUT2D eigenvalue weighted by Gasteiger charge is -2.15. The van der Waals surface area contributed by atoms with Crippen LogP contribution in [-0.4, -0.2) is 29.3 Å². The lowest BCUT2D eigenvalue weighted by atomic mass is 10.00. The number of nitrogens with zero attached hydrogens (tertiary/aromatic N) is 2. The van der Waals surface area contributed by atoms with Crippen LogP contribution in [0.4, 0.5) is 11.7 Å². The van der Waals surface area contributed by atoms with E-state index in [-0.39, 0.29) is 6.10 Å². The summed E-state index contributed by atoms with van der Waals surface area (Å²) in [6.07, 6.45) is 1.87. The first-order valence-corrected chi connectivity index (χ1v) is 6.80. The number of aliphatic hydroxyl groups is 1. The summed E-state index contributed by atoms with van der Waals surface area (Å²) >= 11 is 0. The van der Waals surface area contributed by atoms with Crippen LogP contribution in [0.25, 0.3) is 11.1 Å². The van der Waals surface area contributed by atoms with Crippen LogP contribution in [0.3, 0.4) is 0 Å². The normalized spacial score (nSPS) is 30.2. The third kappa shape index (κ3) is 1.61. The smallest absolute Gasteiger partial charge is 0.298 e. The summed E-state index contributed by atoms with van der Waals surface area (Å²) in [6, 6.07) is 6.22. The van der Waals surface area contributed by atoms with Crippen molar-refractivity contribution in [3.63, 3.8) is 0 Å². The second-order valence-corrected chi connectivity index (χ2v) is 5.66. The Morgan fingerprint density at radius 2 is 2.21 bits per heavy atom. The first kappa shape index (κ1) is 11.1.